The molecule has 8 heteroatoms. The highest BCUT2D eigenvalue weighted by Gasteiger charge is 2.52. The topological polar surface area (TPSA) is 61.1 Å². The molecule has 1 aliphatic heterocycles. The second kappa shape index (κ2) is 5.40. The van der Waals surface area contributed by atoms with E-state index in [0.29, 0.717) is 12.2 Å². The number of alkyl halides is 3. The summed E-state index contributed by atoms with van der Waals surface area (Å²) >= 11 is 0. The number of halogens is 3. The van der Waals surface area contributed by atoms with Gasteiger partial charge in [0.15, 0.2) is 0 Å². The van der Waals surface area contributed by atoms with Gasteiger partial charge in [0.1, 0.15) is 10.7 Å². The fraction of sp³-hybridized carbons (Fsp3) is 0.778. The maximum Gasteiger partial charge on any atom is 0.401 e. The first kappa shape index (κ1) is 14.5. The maximum absolute atomic E-state index is 12.9. The van der Waals surface area contributed by atoms with Crippen molar-refractivity contribution in [2.75, 3.05) is 11.5 Å². The van der Waals surface area contributed by atoms with Gasteiger partial charge in [0, 0.05) is 5.75 Å². The summed E-state index contributed by atoms with van der Waals surface area (Å²) in [6.45, 7) is 0. The van der Waals surface area contributed by atoms with Crippen LogP contribution in [-0.4, -0.2) is 34.0 Å². The highest BCUT2D eigenvalue weighted by atomic mass is 33.2. The van der Waals surface area contributed by atoms with Gasteiger partial charge in [-0.3, -0.25) is 4.79 Å². The Labute approximate surface area is 102 Å². The highest BCUT2D eigenvalue weighted by Crippen LogP contribution is 2.69. The predicted octanol–water partition coefficient (Wildman–Crippen LogP) is 3.12. The molecule has 2 unspecified atom stereocenters. The van der Waals surface area contributed by atoms with Crippen LogP contribution in [0.15, 0.2) is 0 Å². The minimum Gasteiger partial charge on any atom is -0.481 e. The van der Waals surface area contributed by atoms with Crippen molar-refractivity contribution in [1.82, 2.24) is 0 Å². The number of rotatable bonds is 3. The van der Waals surface area contributed by atoms with Crippen LogP contribution in [0.25, 0.3) is 0 Å². The van der Waals surface area contributed by atoms with Gasteiger partial charge in [-0.05, 0) is 18.6 Å². The Morgan fingerprint density at radius 2 is 2.18 bits per heavy atom. The molecule has 0 saturated carbocycles. The van der Waals surface area contributed by atoms with E-state index < -0.39 is 32.9 Å². The molecule has 0 aromatic rings. The lowest BCUT2D eigenvalue weighted by atomic mass is 10.3. The van der Waals surface area contributed by atoms with Crippen LogP contribution in [-0.2, 0) is 4.79 Å². The Bertz CT molecular complexity index is 334. The fourth-order valence-corrected chi connectivity index (χ4v) is 7.74. The molecule has 0 spiro atoms. The molecule has 3 nitrogen and oxygen atoms in total. The molecule has 1 saturated heterocycles. The molecular formula is C9H12F3NO2S2. The van der Waals surface area contributed by atoms with Crippen LogP contribution < -0.4 is 0 Å². The molecule has 0 radical (unpaired) electrons. The first-order chi connectivity index (χ1) is 7.82. The van der Waals surface area contributed by atoms with Crippen LogP contribution in [0.1, 0.15) is 19.3 Å². The molecule has 1 fully saturated rings. The second-order valence-electron chi connectivity index (χ2n) is 3.68. The summed E-state index contributed by atoms with van der Waals surface area (Å²) < 4.78 is 38.7. The molecule has 0 aromatic carbocycles. The van der Waals surface area contributed by atoms with E-state index in [1.54, 1.807) is 5.40 Å². The molecule has 98 valence electrons. The van der Waals surface area contributed by atoms with Gasteiger partial charge < -0.3 is 5.11 Å². The fourth-order valence-electron chi connectivity index (χ4n) is 1.67. The first-order valence-electron chi connectivity index (χ1n) is 4.95. The van der Waals surface area contributed by atoms with Gasteiger partial charge in [-0.25, -0.2) is 0 Å². The third kappa shape index (κ3) is 3.45. The number of carboxylic acid groups (broad SMARTS) is 1. The zero-order chi connectivity index (χ0) is 13.1. The van der Waals surface area contributed by atoms with E-state index >= 15 is 0 Å². The average Bonchev–Trinajstić information content (AvgIpc) is 2.25. The molecule has 1 N–H and O–H groups in total. The van der Waals surface area contributed by atoms with E-state index in [2.05, 4.69) is 0 Å². The van der Waals surface area contributed by atoms with Crippen LogP contribution in [0.5, 0.6) is 0 Å². The Morgan fingerprint density at radius 1 is 1.53 bits per heavy atom. The van der Waals surface area contributed by atoms with Crippen molar-refractivity contribution in [2.24, 2.45) is 0 Å². The predicted molar refractivity (Wildman–Crippen MR) is 61.9 cm³/mol. The summed E-state index contributed by atoms with van der Waals surface area (Å²) in [5, 5.41) is 17.4. The normalized spacial score (nSPS) is 30.9. The molecule has 0 aromatic heterocycles. The quantitative estimate of drug-likeness (QED) is 0.640. The molecule has 0 aliphatic carbocycles. The van der Waals surface area contributed by atoms with Crippen molar-refractivity contribution < 1.29 is 23.1 Å². The van der Waals surface area contributed by atoms with E-state index in [1.807, 2.05) is 0 Å². The SMILES string of the molecule is N#CS1(C(CC(=O)O)C(F)(F)F)CCCCS1. The molecule has 0 bridgehead atoms. The number of carbonyl (C=O) groups is 1. The summed E-state index contributed by atoms with van der Waals surface area (Å²) in [6, 6.07) is 0. The number of thiocyanates is 1. The largest absolute Gasteiger partial charge is 0.481 e. The minimum atomic E-state index is -4.62. The van der Waals surface area contributed by atoms with Gasteiger partial charge in [0.05, 0.1) is 6.42 Å². The lowest BCUT2D eigenvalue weighted by molar-refractivity contribution is -0.150. The number of carboxylic acids is 1. The van der Waals surface area contributed by atoms with Gasteiger partial charge >= 0.3 is 12.1 Å². The Hall–Kier alpha value is -0.550. The minimum absolute atomic E-state index is 0.186. The Balaban J connectivity index is 3.01. The van der Waals surface area contributed by atoms with Crippen LogP contribution in [0.2, 0.25) is 0 Å². The smallest absolute Gasteiger partial charge is 0.401 e. The van der Waals surface area contributed by atoms with Crippen molar-refractivity contribution in [1.29, 1.82) is 5.26 Å². The number of nitrogens with zero attached hydrogens (tertiary/aromatic N) is 1. The van der Waals surface area contributed by atoms with Gasteiger partial charge in [-0.1, -0.05) is 19.9 Å². The number of hydrogen-bond acceptors (Lipinski definition) is 3. The lowest BCUT2D eigenvalue weighted by Crippen LogP contribution is -2.36. The zero-order valence-electron chi connectivity index (χ0n) is 8.87. The van der Waals surface area contributed by atoms with Gasteiger partial charge in [-0.15, -0.1) is 0 Å². The van der Waals surface area contributed by atoms with Gasteiger partial charge in [0.2, 0.25) is 0 Å². The standard InChI is InChI=1S/C9H12F3NO2S2/c10-9(11,12)7(5-8(14)15)17(6-13)4-2-1-3-16-17/h7H,1-5H2,(H,14,15). The third-order valence-corrected chi connectivity index (χ3v) is 9.09. The molecule has 0 amide bonds. The van der Waals surface area contributed by atoms with E-state index in [1.165, 1.54) is 0 Å². The van der Waals surface area contributed by atoms with Crippen molar-refractivity contribution in [2.45, 2.75) is 30.7 Å². The number of hydrogen-bond donors (Lipinski definition) is 1. The third-order valence-electron chi connectivity index (χ3n) is 2.47. The van der Waals surface area contributed by atoms with Crippen molar-refractivity contribution in [3.63, 3.8) is 0 Å². The van der Waals surface area contributed by atoms with Gasteiger partial charge in [-0.2, -0.15) is 18.4 Å². The van der Waals surface area contributed by atoms with E-state index in [4.69, 9.17) is 10.4 Å². The number of aliphatic carboxylic acids is 1. The van der Waals surface area contributed by atoms with E-state index in [9.17, 15) is 18.0 Å². The van der Waals surface area contributed by atoms with Crippen LogP contribution in [0.4, 0.5) is 13.2 Å². The molecule has 2 atom stereocenters. The Kier molecular flexibility index (Phi) is 4.61. The molecule has 1 rings (SSSR count). The second-order valence-corrected chi connectivity index (χ2v) is 9.43. The summed E-state index contributed by atoms with van der Waals surface area (Å²) in [5.41, 5.74) is 0. The number of nitriles is 1. The average molecular weight is 287 g/mol. The van der Waals surface area contributed by atoms with Gasteiger partial charge in [0.25, 0.3) is 0 Å². The van der Waals surface area contributed by atoms with Crippen molar-refractivity contribution in [3.05, 3.63) is 0 Å². The molecule has 1 aliphatic rings. The Morgan fingerprint density at radius 3 is 2.53 bits per heavy atom. The summed E-state index contributed by atoms with van der Waals surface area (Å²) in [4.78, 5) is 10.6. The first-order valence-corrected chi connectivity index (χ1v) is 8.32. The summed E-state index contributed by atoms with van der Waals surface area (Å²) in [7, 11) is -1.59. The van der Waals surface area contributed by atoms with E-state index in [-0.39, 0.29) is 5.75 Å². The van der Waals surface area contributed by atoms with Crippen molar-refractivity contribution in [3.8, 4) is 5.40 Å². The van der Waals surface area contributed by atoms with Crippen LogP contribution in [0.3, 0.4) is 0 Å². The lowest BCUT2D eigenvalue weighted by Gasteiger charge is -2.41. The highest BCUT2D eigenvalue weighted by molar-refractivity contribution is 8.96. The molecular weight excluding hydrogens is 275 g/mol. The maximum atomic E-state index is 12.9. The van der Waals surface area contributed by atoms with Crippen LogP contribution in [0, 0.1) is 10.7 Å². The summed E-state index contributed by atoms with van der Waals surface area (Å²) in [5.74, 6) is -0.804. The zero-order valence-corrected chi connectivity index (χ0v) is 10.5. The van der Waals surface area contributed by atoms with E-state index in [0.717, 1.165) is 17.2 Å². The van der Waals surface area contributed by atoms with Crippen LogP contribution >= 0.6 is 19.9 Å². The molecule has 17 heavy (non-hydrogen) atoms. The van der Waals surface area contributed by atoms with Crippen molar-refractivity contribution >= 4 is 25.8 Å². The molecule has 1 heterocycles. The monoisotopic (exact) mass is 287 g/mol. The summed E-state index contributed by atoms with van der Waals surface area (Å²) in [6.07, 6.45) is -4.26.